The SMILES string of the molecule is Cc1cc(C(C)(C)N)c(=O)n(CC(C)C)n1. The van der Waals surface area contributed by atoms with Crippen molar-refractivity contribution in [3.05, 3.63) is 27.7 Å². The molecule has 4 nitrogen and oxygen atoms in total. The van der Waals surface area contributed by atoms with Gasteiger partial charge in [0.15, 0.2) is 0 Å². The minimum atomic E-state index is -0.622. The van der Waals surface area contributed by atoms with Crippen LogP contribution in [0.4, 0.5) is 0 Å². The molecule has 0 fully saturated rings. The molecule has 0 atom stereocenters. The van der Waals surface area contributed by atoms with Gasteiger partial charge < -0.3 is 5.73 Å². The monoisotopic (exact) mass is 223 g/mol. The highest BCUT2D eigenvalue weighted by Crippen LogP contribution is 2.12. The zero-order chi connectivity index (χ0) is 12.5. The Kier molecular flexibility index (Phi) is 3.53. The summed E-state index contributed by atoms with van der Waals surface area (Å²) in [5.74, 6) is 0.390. The van der Waals surface area contributed by atoms with Gasteiger partial charge in [0.1, 0.15) is 0 Å². The number of aryl methyl sites for hydroxylation is 1. The van der Waals surface area contributed by atoms with Crippen molar-refractivity contribution in [3.8, 4) is 0 Å². The van der Waals surface area contributed by atoms with Crippen LogP contribution in [0.15, 0.2) is 10.9 Å². The zero-order valence-electron chi connectivity index (χ0n) is 10.7. The Labute approximate surface area is 96.5 Å². The number of rotatable bonds is 3. The molecule has 0 aliphatic heterocycles. The first-order valence-corrected chi connectivity index (χ1v) is 5.60. The van der Waals surface area contributed by atoms with Gasteiger partial charge in [-0.15, -0.1) is 0 Å². The molecule has 0 saturated heterocycles. The molecule has 16 heavy (non-hydrogen) atoms. The highest BCUT2D eigenvalue weighted by Gasteiger charge is 2.20. The summed E-state index contributed by atoms with van der Waals surface area (Å²) in [6.07, 6.45) is 0. The first-order chi connectivity index (χ1) is 7.21. The second-order valence-corrected chi connectivity index (χ2v) is 5.30. The summed E-state index contributed by atoms with van der Waals surface area (Å²) in [7, 11) is 0. The average molecular weight is 223 g/mol. The second-order valence-electron chi connectivity index (χ2n) is 5.30. The van der Waals surface area contributed by atoms with E-state index in [1.54, 1.807) is 6.07 Å². The molecule has 0 saturated carbocycles. The molecule has 0 aliphatic carbocycles. The van der Waals surface area contributed by atoms with Crippen LogP contribution in [0.1, 0.15) is 39.0 Å². The first-order valence-electron chi connectivity index (χ1n) is 5.60. The summed E-state index contributed by atoms with van der Waals surface area (Å²) >= 11 is 0. The summed E-state index contributed by atoms with van der Waals surface area (Å²) < 4.78 is 1.52. The van der Waals surface area contributed by atoms with Crippen molar-refractivity contribution in [2.45, 2.75) is 46.7 Å². The molecule has 1 heterocycles. The molecule has 0 aromatic carbocycles. The zero-order valence-corrected chi connectivity index (χ0v) is 10.7. The lowest BCUT2D eigenvalue weighted by atomic mass is 9.97. The molecule has 4 heteroatoms. The minimum absolute atomic E-state index is 0.0770. The topological polar surface area (TPSA) is 60.9 Å². The lowest BCUT2D eigenvalue weighted by Gasteiger charge is -2.20. The average Bonchev–Trinajstić information content (AvgIpc) is 2.07. The third kappa shape index (κ3) is 2.92. The predicted octanol–water partition coefficient (Wildman–Crippen LogP) is 1.40. The van der Waals surface area contributed by atoms with Gasteiger partial charge in [0.25, 0.3) is 5.56 Å². The van der Waals surface area contributed by atoms with Gasteiger partial charge in [-0.2, -0.15) is 5.10 Å². The first kappa shape index (κ1) is 12.9. The fraction of sp³-hybridized carbons (Fsp3) is 0.667. The fourth-order valence-electron chi connectivity index (χ4n) is 1.61. The molecular formula is C12H21N3O. The van der Waals surface area contributed by atoms with Crippen LogP contribution in [0.2, 0.25) is 0 Å². The highest BCUT2D eigenvalue weighted by molar-refractivity contribution is 5.20. The Balaban J connectivity index is 3.33. The van der Waals surface area contributed by atoms with Gasteiger partial charge in [0.2, 0.25) is 0 Å². The quantitative estimate of drug-likeness (QED) is 0.842. The van der Waals surface area contributed by atoms with Crippen LogP contribution in [0.3, 0.4) is 0 Å². The Bertz CT molecular complexity index is 427. The van der Waals surface area contributed by atoms with Gasteiger partial charge in [-0.3, -0.25) is 4.79 Å². The van der Waals surface area contributed by atoms with Crippen molar-refractivity contribution < 1.29 is 0 Å². The normalized spacial score (nSPS) is 12.2. The van der Waals surface area contributed by atoms with E-state index in [9.17, 15) is 4.79 Å². The molecule has 1 rings (SSSR count). The summed E-state index contributed by atoms with van der Waals surface area (Å²) in [4.78, 5) is 12.1. The Morgan fingerprint density at radius 3 is 2.50 bits per heavy atom. The molecule has 0 bridgehead atoms. The van der Waals surface area contributed by atoms with E-state index in [1.807, 2.05) is 20.8 Å². The van der Waals surface area contributed by atoms with E-state index in [1.165, 1.54) is 4.68 Å². The summed E-state index contributed by atoms with van der Waals surface area (Å²) in [5, 5.41) is 4.24. The van der Waals surface area contributed by atoms with E-state index in [4.69, 9.17) is 5.73 Å². The Hall–Kier alpha value is -1.16. The van der Waals surface area contributed by atoms with Gasteiger partial charge in [0, 0.05) is 17.6 Å². The number of hydrogen-bond acceptors (Lipinski definition) is 3. The van der Waals surface area contributed by atoms with E-state index < -0.39 is 5.54 Å². The smallest absolute Gasteiger partial charge is 0.271 e. The van der Waals surface area contributed by atoms with Gasteiger partial charge in [-0.25, -0.2) is 4.68 Å². The number of nitrogens with zero attached hydrogens (tertiary/aromatic N) is 2. The van der Waals surface area contributed by atoms with Crippen LogP contribution >= 0.6 is 0 Å². The molecule has 1 aromatic rings. The van der Waals surface area contributed by atoms with Gasteiger partial charge >= 0.3 is 0 Å². The van der Waals surface area contributed by atoms with Crippen LogP contribution in [0.25, 0.3) is 0 Å². The maximum Gasteiger partial charge on any atom is 0.271 e. The molecular weight excluding hydrogens is 202 g/mol. The molecule has 90 valence electrons. The van der Waals surface area contributed by atoms with Crippen molar-refractivity contribution in [1.29, 1.82) is 0 Å². The minimum Gasteiger partial charge on any atom is -0.322 e. The molecule has 0 radical (unpaired) electrons. The predicted molar refractivity (Wildman–Crippen MR) is 65.3 cm³/mol. The van der Waals surface area contributed by atoms with Gasteiger partial charge in [0.05, 0.1) is 5.69 Å². The van der Waals surface area contributed by atoms with Crippen LogP contribution in [0, 0.1) is 12.8 Å². The third-order valence-corrected chi connectivity index (χ3v) is 2.33. The largest absolute Gasteiger partial charge is 0.322 e. The van der Waals surface area contributed by atoms with Crippen LogP contribution in [0.5, 0.6) is 0 Å². The van der Waals surface area contributed by atoms with Crippen molar-refractivity contribution in [3.63, 3.8) is 0 Å². The summed E-state index contributed by atoms with van der Waals surface area (Å²) in [6, 6.07) is 1.78. The Morgan fingerprint density at radius 2 is 2.06 bits per heavy atom. The standard InChI is InChI=1S/C12H21N3O/c1-8(2)7-15-11(16)10(12(4,5)13)6-9(3)14-15/h6,8H,7,13H2,1-5H3. The molecule has 2 N–H and O–H groups in total. The molecule has 0 spiro atoms. The van der Waals surface area contributed by atoms with Crippen LogP contribution < -0.4 is 11.3 Å². The van der Waals surface area contributed by atoms with Crippen molar-refractivity contribution >= 4 is 0 Å². The maximum absolute atomic E-state index is 12.1. The van der Waals surface area contributed by atoms with E-state index in [-0.39, 0.29) is 5.56 Å². The number of hydrogen-bond donors (Lipinski definition) is 1. The molecule has 0 aliphatic rings. The van der Waals surface area contributed by atoms with E-state index in [0.29, 0.717) is 18.0 Å². The van der Waals surface area contributed by atoms with Crippen LogP contribution in [-0.2, 0) is 12.1 Å². The van der Waals surface area contributed by atoms with Crippen molar-refractivity contribution in [1.82, 2.24) is 9.78 Å². The van der Waals surface area contributed by atoms with E-state index in [2.05, 4.69) is 18.9 Å². The number of nitrogens with two attached hydrogens (primary N) is 1. The lowest BCUT2D eigenvalue weighted by molar-refractivity contribution is 0.443. The summed E-state index contributed by atoms with van der Waals surface area (Å²) in [5.41, 5.74) is 6.74. The molecule has 0 unspecified atom stereocenters. The highest BCUT2D eigenvalue weighted by atomic mass is 16.1. The van der Waals surface area contributed by atoms with E-state index >= 15 is 0 Å². The van der Waals surface area contributed by atoms with Crippen molar-refractivity contribution in [2.24, 2.45) is 11.7 Å². The maximum atomic E-state index is 12.1. The number of aromatic nitrogens is 2. The molecule has 0 amide bonds. The molecule has 1 aromatic heterocycles. The van der Waals surface area contributed by atoms with Crippen LogP contribution in [-0.4, -0.2) is 9.78 Å². The van der Waals surface area contributed by atoms with Crippen molar-refractivity contribution in [2.75, 3.05) is 0 Å². The van der Waals surface area contributed by atoms with Gasteiger partial charge in [-0.05, 0) is 32.8 Å². The Morgan fingerprint density at radius 1 is 1.50 bits per heavy atom. The lowest BCUT2D eigenvalue weighted by Crippen LogP contribution is -2.39. The fourth-order valence-corrected chi connectivity index (χ4v) is 1.61. The van der Waals surface area contributed by atoms with Gasteiger partial charge in [-0.1, -0.05) is 13.8 Å². The second kappa shape index (κ2) is 4.37. The van der Waals surface area contributed by atoms with E-state index in [0.717, 1.165) is 5.69 Å². The third-order valence-electron chi connectivity index (χ3n) is 2.33. The summed E-state index contributed by atoms with van der Waals surface area (Å²) in [6.45, 7) is 10.3.